The summed E-state index contributed by atoms with van der Waals surface area (Å²) in [7, 11) is 0. The van der Waals surface area contributed by atoms with Gasteiger partial charge in [-0.05, 0) is 24.3 Å². The first-order chi connectivity index (χ1) is 12.5. The summed E-state index contributed by atoms with van der Waals surface area (Å²) in [4.78, 5) is 28.3. The van der Waals surface area contributed by atoms with Gasteiger partial charge >= 0.3 is 12.2 Å². The number of rotatable bonds is 3. The highest BCUT2D eigenvalue weighted by Gasteiger charge is 2.29. The number of ether oxygens (including phenoxy) is 2. The Morgan fingerprint density at radius 3 is 2.50 bits per heavy atom. The highest BCUT2D eigenvalue weighted by atomic mass is 19.1. The second-order valence-corrected chi connectivity index (χ2v) is 6.23. The Kier molecular flexibility index (Phi) is 5.77. The molecule has 2 aliphatic heterocycles. The monoisotopic (exact) mass is 367 g/mol. The number of carbonyl (C=O) groups excluding carboxylic acids is 1. The standard InChI is InChI=1S/C17H22FN3O5/c18-13-1-3-14(4-2-13)19-5-7-20(8-6-19)17(24)26-12-15-11-25-10-9-21(15)16(22)23/h1-4,15H,5-12H2,(H,22,23). The Morgan fingerprint density at radius 2 is 1.85 bits per heavy atom. The van der Waals surface area contributed by atoms with E-state index in [1.807, 2.05) is 0 Å². The third-order valence-electron chi connectivity index (χ3n) is 4.60. The normalized spacial score (nSPS) is 20.8. The molecule has 0 aromatic heterocycles. The number of hydrogen-bond acceptors (Lipinski definition) is 5. The highest BCUT2D eigenvalue weighted by Crippen LogP contribution is 2.17. The summed E-state index contributed by atoms with van der Waals surface area (Å²) >= 11 is 0. The van der Waals surface area contributed by atoms with E-state index < -0.39 is 18.2 Å². The Balaban J connectivity index is 1.46. The molecule has 0 bridgehead atoms. The third-order valence-corrected chi connectivity index (χ3v) is 4.60. The number of piperazine rings is 1. The van der Waals surface area contributed by atoms with Crippen LogP contribution in [0, 0.1) is 5.82 Å². The lowest BCUT2D eigenvalue weighted by atomic mass is 10.2. The van der Waals surface area contributed by atoms with Gasteiger partial charge in [-0.25, -0.2) is 14.0 Å². The van der Waals surface area contributed by atoms with E-state index in [2.05, 4.69) is 4.90 Å². The summed E-state index contributed by atoms with van der Waals surface area (Å²) in [5.74, 6) is -0.280. The van der Waals surface area contributed by atoms with Crippen molar-refractivity contribution in [2.45, 2.75) is 6.04 Å². The predicted molar refractivity (Wildman–Crippen MR) is 90.9 cm³/mol. The molecule has 0 radical (unpaired) electrons. The van der Waals surface area contributed by atoms with Crippen LogP contribution in [0.25, 0.3) is 0 Å². The largest absolute Gasteiger partial charge is 0.465 e. The van der Waals surface area contributed by atoms with E-state index in [1.54, 1.807) is 17.0 Å². The lowest BCUT2D eigenvalue weighted by Crippen LogP contribution is -2.52. The summed E-state index contributed by atoms with van der Waals surface area (Å²) in [5.41, 5.74) is 0.913. The lowest BCUT2D eigenvalue weighted by Gasteiger charge is -2.36. The van der Waals surface area contributed by atoms with Crippen LogP contribution in [0.3, 0.4) is 0 Å². The van der Waals surface area contributed by atoms with Crippen molar-refractivity contribution in [1.29, 1.82) is 0 Å². The van der Waals surface area contributed by atoms with E-state index in [4.69, 9.17) is 14.6 Å². The molecular weight excluding hydrogens is 345 g/mol. The molecule has 2 aliphatic rings. The first kappa shape index (κ1) is 18.2. The SMILES string of the molecule is O=C(OCC1COCCN1C(=O)O)N1CCN(c2ccc(F)cc2)CC1. The van der Waals surface area contributed by atoms with E-state index in [9.17, 15) is 14.0 Å². The zero-order chi connectivity index (χ0) is 18.5. The van der Waals surface area contributed by atoms with E-state index >= 15 is 0 Å². The van der Waals surface area contributed by atoms with Crippen LogP contribution >= 0.6 is 0 Å². The van der Waals surface area contributed by atoms with Crippen LogP contribution in [-0.4, -0.2) is 85.7 Å². The maximum atomic E-state index is 13.0. The zero-order valence-corrected chi connectivity index (χ0v) is 14.3. The molecule has 1 atom stereocenters. The summed E-state index contributed by atoms with van der Waals surface area (Å²) < 4.78 is 23.6. The first-order valence-electron chi connectivity index (χ1n) is 8.54. The second-order valence-electron chi connectivity index (χ2n) is 6.23. The molecule has 1 aromatic carbocycles. The third kappa shape index (κ3) is 4.34. The Bertz CT molecular complexity index is 634. The number of benzene rings is 1. The van der Waals surface area contributed by atoms with E-state index in [1.165, 1.54) is 17.0 Å². The molecular formula is C17H22FN3O5. The molecule has 142 valence electrons. The van der Waals surface area contributed by atoms with Gasteiger partial charge in [-0.15, -0.1) is 0 Å². The van der Waals surface area contributed by atoms with Gasteiger partial charge in [0.25, 0.3) is 0 Å². The van der Waals surface area contributed by atoms with Crippen molar-refractivity contribution >= 4 is 17.9 Å². The number of hydrogen-bond donors (Lipinski definition) is 1. The minimum atomic E-state index is -1.04. The Morgan fingerprint density at radius 1 is 1.15 bits per heavy atom. The fourth-order valence-electron chi connectivity index (χ4n) is 3.10. The van der Waals surface area contributed by atoms with Crippen molar-refractivity contribution < 1.29 is 28.6 Å². The number of amides is 2. The van der Waals surface area contributed by atoms with Gasteiger partial charge in [-0.2, -0.15) is 0 Å². The molecule has 1 aromatic rings. The predicted octanol–water partition coefficient (Wildman–Crippen LogP) is 1.46. The van der Waals surface area contributed by atoms with Crippen molar-refractivity contribution in [1.82, 2.24) is 9.80 Å². The minimum Gasteiger partial charge on any atom is -0.465 e. The fraction of sp³-hybridized carbons (Fsp3) is 0.529. The molecule has 0 saturated carbocycles. The van der Waals surface area contributed by atoms with E-state index in [0.717, 1.165) is 5.69 Å². The maximum Gasteiger partial charge on any atom is 0.409 e. The molecule has 0 spiro atoms. The average molecular weight is 367 g/mol. The van der Waals surface area contributed by atoms with Crippen molar-refractivity contribution in [2.75, 3.05) is 57.4 Å². The summed E-state index contributed by atoms with van der Waals surface area (Å²) in [6.45, 7) is 3.03. The van der Waals surface area contributed by atoms with Crippen LogP contribution < -0.4 is 4.90 Å². The molecule has 2 heterocycles. The topological polar surface area (TPSA) is 82.5 Å². The average Bonchev–Trinajstić information content (AvgIpc) is 2.67. The number of nitrogens with zero attached hydrogens (tertiary/aromatic N) is 3. The molecule has 1 unspecified atom stereocenters. The van der Waals surface area contributed by atoms with Gasteiger partial charge in [0.05, 0.1) is 19.3 Å². The molecule has 3 rings (SSSR count). The number of halogens is 1. The van der Waals surface area contributed by atoms with Crippen LogP contribution in [-0.2, 0) is 9.47 Å². The molecule has 9 heteroatoms. The van der Waals surface area contributed by atoms with Crippen molar-refractivity contribution in [3.05, 3.63) is 30.1 Å². The second kappa shape index (κ2) is 8.22. The van der Waals surface area contributed by atoms with Gasteiger partial charge in [-0.3, -0.25) is 4.90 Å². The van der Waals surface area contributed by atoms with Gasteiger partial charge < -0.3 is 24.4 Å². The van der Waals surface area contributed by atoms with E-state index in [-0.39, 0.29) is 25.6 Å². The quantitative estimate of drug-likeness (QED) is 0.871. The zero-order valence-electron chi connectivity index (χ0n) is 14.3. The van der Waals surface area contributed by atoms with Crippen molar-refractivity contribution in [3.8, 4) is 0 Å². The highest BCUT2D eigenvalue weighted by molar-refractivity contribution is 5.68. The number of morpholine rings is 1. The van der Waals surface area contributed by atoms with Gasteiger partial charge in [0.15, 0.2) is 0 Å². The maximum absolute atomic E-state index is 13.0. The van der Waals surface area contributed by atoms with Crippen LogP contribution in [0.5, 0.6) is 0 Å². The molecule has 8 nitrogen and oxygen atoms in total. The molecule has 1 N–H and O–H groups in total. The lowest BCUT2D eigenvalue weighted by molar-refractivity contribution is -0.0254. The molecule has 26 heavy (non-hydrogen) atoms. The van der Waals surface area contributed by atoms with Crippen LogP contribution in [0.2, 0.25) is 0 Å². The Hall–Kier alpha value is -2.55. The van der Waals surface area contributed by atoms with Crippen molar-refractivity contribution in [2.24, 2.45) is 0 Å². The molecule has 0 aliphatic carbocycles. The van der Waals surface area contributed by atoms with E-state index in [0.29, 0.717) is 32.8 Å². The fourth-order valence-corrected chi connectivity index (χ4v) is 3.10. The summed E-state index contributed by atoms with van der Waals surface area (Å²) in [6, 6.07) is 5.78. The van der Waals surface area contributed by atoms with Crippen LogP contribution in [0.1, 0.15) is 0 Å². The van der Waals surface area contributed by atoms with Gasteiger partial charge in [-0.1, -0.05) is 0 Å². The summed E-state index contributed by atoms with van der Waals surface area (Å²) in [6.07, 6.45) is -1.50. The molecule has 2 fully saturated rings. The smallest absolute Gasteiger partial charge is 0.409 e. The first-order valence-corrected chi connectivity index (χ1v) is 8.54. The van der Waals surface area contributed by atoms with Crippen LogP contribution in [0.15, 0.2) is 24.3 Å². The summed E-state index contributed by atoms with van der Waals surface area (Å²) in [5, 5.41) is 9.17. The van der Waals surface area contributed by atoms with Crippen LogP contribution in [0.4, 0.5) is 19.7 Å². The minimum absolute atomic E-state index is 0.0245. The van der Waals surface area contributed by atoms with Gasteiger partial charge in [0.1, 0.15) is 12.4 Å². The molecule has 2 amide bonds. The number of carboxylic acid groups (broad SMARTS) is 1. The van der Waals surface area contributed by atoms with Crippen molar-refractivity contribution in [3.63, 3.8) is 0 Å². The van der Waals surface area contributed by atoms with Gasteiger partial charge in [0, 0.05) is 38.4 Å². The number of carbonyl (C=O) groups is 2. The van der Waals surface area contributed by atoms with Gasteiger partial charge in [0.2, 0.25) is 0 Å². The Labute approximate surface area is 150 Å². The molecule has 2 saturated heterocycles. The number of anilines is 1.